The van der Waals surface area contributed by atoms with E-state index in [0.29, 0.717) is 23.1 Å². The van der Waals surface area contributed by atoms with Crippen LogP contribution in [0.1, 0.15) is 35.7 Å². The molecule has 1 saturated carbocycles. The van der Waals surface area contributed by atoms with Gasteiger partial charge < -0.3 is 10.5 Å². The summed E-state index contributed by atoms with van der Waals surface area (Å²) in [5.41, 5.74) is 6.66. The van der Waals surface area contributed by atoms with E-state index in [9.17, 15) is 4.39 Å². The molecule has 5 nitrogen and oxygen atoms in total. The molecule has 0 atom stereocenters. The summed E-state index contributed by atoms with van der Waals surface area (Å²) >= 11 is 0. The zero-order valence-electron chi connectivity index (χ0n) is 11.4. The highest BCUT2D eigenvalue weighted by molar-refractivity contribution is 5.47. The molecule has 106 valence electrons. The fraction of sp³-hybridized carbons (Fsp3) is 0.267. The second-order valence-electron chi connectivity index (χ2n) is 5.03. The Morgan fingerprint density at radius 1 is 1.38 bits per heavy atom. The van der Waals surface area contributed by atoms with Crippen molar-refractivity contribution in [2.24, 2.45) is 0 Å². The van der Waals surface area contributed by atoms with Crippen LogP contribution >= 0.6 is 0 Å². The maximum atomic E-state index is 13.9. The highest BCUT2D eigenvalue weighted by Gasteiger charge is 2.28. The van der Waals surface area contributed by atoms with Crippen LogP contribution in [0, 0.1) is 24.1 Å². The lowest BCUT2D eigenvalue weighted by Gasteiger charge is -2.11. The molecule has 1 aromatic carbocycles. The average molecular weight is 284 g/mol. The van der Waals surface area contributed by atoms with Gasteiger partial charge in [0.2, 0.25) is 5.88 Å². The number of nitriles is 1. The minimum Gasteiger partial charge on any atom is -0.435 e. The molecule has 0 spiro atoms. The average Bonchev–Trinajstić information content (AvgIpc) is 3.30. The Hall–Kier alpha value is -2.68. The summed E-state index contributed by atoms with van der Waals surface area (Å²) < 4.78 is 19.4. The van der Waals surface area contributed by atoms with Gasteiger partial charge in [0.1, 0.15) is 11.6 Å². The van der Waals surface area contributed by atoms with E-state index < -0.39 is 5.82 Å². The van der Waals surface area contributed by atoms with E-state index in [1.165, 1.54) is 12.1 Å². The molecule has 0 amide bonds. The molecule has 0 unspecified atom stereocenters. The zero-order chi connectivity index (χ0) is 15.0. The predicted molar refractivity (Wildman–Crippen MR) is 74.3 cm³/mol. The lowest BCUT2D eigenvalue weighted by atomic mass is 10.2. The fourth-order valence-corrected chi connectivity index (χ4v) is 1.91. The topological polar surface area (TPSA) is 84.8 Å². The van der Waals surface area contributed by atoms with E-state index >= 15 is 0 Å². The van der Waals surface area contributed by atoms with E-state index in [4.69, 9.17) is 15.7 Å². The number of halogens is 1. The minimum atomic E-state index is -0.612. The van der Waals surface area contributed by atoms with Crippen molar-refractivity contribution < 1.29 is 9.13 Å². The Labute approximate surface area is 121 Å². The van der Waals surface area contributed by atoms with Crippen molar-refractivity contribution in [3.8, 4) is 17.7 Å². The molecular formula is C15H13FN4O. The molecule has 1 aromatic heterocycles. The molecule has 0 saturated heterocycles. The molecule has 0 radical (unpaired) electrons. The maximum Gasteiger partial charge on any atom is 0.227 e. The van der Waals surface area contributed by atoms with Crippen LogP contribution in [0.15, 0.2) is 18.2 Å². The van der Waals surface area contributed by atoms with Crippen molar-refractivity contribution in [1.82, 2.24) is 9.97 Å². The van der Waals surface area contributed by atoms with Crippen molar-refractivity contribution in [3.63, 3.8) is 0 Å². The molecule has 21 heavy (non-hydrogen) atoms. The van der Waals surface area contributed by atoms with E-state index in [-0.39, 0.29) is 17.2 Å². The van der Waals surface area contributed by atoms with Gasteiger partial charge in [-0.15, -0.1) is 0 Å². The summed E-state index contributed by atoms with van der Waals surface area (Å²) in [6.07, 6.45) is 2.07. The van der Waals surface area contributed by atoms with Gasteiger partial charge in [0.25, 0.3) is 0 Å². The number of nitrogen functional groups attached to an aromatic ring is 1. The van der Waals surface area contributed by atoms with Gasteiger partial charge in [0.05, 0.1) is 17.2 Å². The van der Waals surface area contributed by atoms with Crippen molar-refractivity contribution >= 4 is 5.82 Å². The standard InChI is InChI=1S/C15H13FN4O/c1-8-13(18)19-14(10-3-4-10)20-15(8)21-12-5-2-9(7-17)6-11(12)16/h2,5-6,10H,3-4H2,1H3,(H2,18,19,20). The quantitative estimate of drug-likeness (QED) is 0.936. The molecule has 0 bridgehead atoms. The summed E-state index contributed by atoms with van der Waals surface area (Å²) in [5.74, 6) is 0.961. The van der Waals surface area contributed by atoms with Crippen LogP contribution in [0.2, 0.25) is 0 Å². The smallest absolute Gasteiger partial charge is 0.227 e. The van der Waals surface area contributed by atoms with E-state index in [1.807, 2.05) is 6.07 Å². The lowest BCUT2D eigenvalue weighted by Crippen LogP contribution is -2.04. The van der Waals surface area contributed by atoms with Crippen LogP contribution < -0.4 is 10.5 Å². The Kier molecular flexibility index (Phi) is 3.18. The first-order chi connectivity index (χ1) is 10.1. The van der Waals surface area contributed by atoms with Gasteiger partial charge in [-0.3, -0.25) is 0 Å². The molecule has 1 aliphatic carbocycles. The molecule has 3 rings (SSSR count). The van der Waals surface area contributed by atoms with E-state index in [2.05, 4.69) is 9.97 Å². The van der Waals surface area contributed by atoms with Crippen LogP contribution in [-0.2, 0) is 0 Å². The lowest BCUT2D eigenvalue weighted by molar-refractivity contribution is 0.421. The SMILES string of the molecule is Cc1c(N)nc(C2CC2)nc1Oc1ccc(C#N)cc1F. The summed E-state index contributed by atoms with van der Waals surface area (Å²) in [6, 6.07) is 5.88. The van der Waals surface area contributed by atoms with Gasteiger partial charge in [-0.2, -0.15) is 10.2 Å². The number of anilines is 1. The molecule has 0 aliphatic heterocycles. The highest BCUT2D eigenvalue weighted by atomic mass is 19.1. The summed E-state index contributed by atoms with van der Waals surface area (Å²) in [7, 11) is 0. The Morgan fingerprint density at radius 2 is 2.14 bits per heavy atom. The highest BCUT2D eigenvalue weighted by Crippen LogP contribution is 2.40. The number of aromatic nitrogens is 2. The van der Waals surface area contributed by atoms with Crippen molar-refractivity contribution in [2.45, 2.75) is 25.7 Å². The first kappa shape index (κ1) is 13.3. The van der Waals surface area contributed by atoms with Gasteiger partial charge in [0.15, 0.2) is 11.6 Å². The third-order valence-corrected chi connectivity index (χ3v) is 3.37. The number of hydrogen-bond donors (Lipinski definition) is 1. The molecule has 2 aromatic rings. The molecule has 2 N–H and O–H groups in total. The normalized spacial score (nSPS) is 13.8. The van der Waals surface area contributed by atoms with Crippen molar-refractivity contribution in [1.29, 1.82) is 5.26 Å². The van der Waals surface area contributed by atoms with Gasteiger partial charge in [-0.05, 0) is 38.0 Å². The van der Waals surface area contributed by atoms with Crippen LogP contribution in [-0.4, -0.2) is 9.97 Å². The van der Waals surface area contributed by atoms with Crippen LogP contribution in [0.3, 0.4) is 0 Å². The van der Waals surface area contributed by atoms with Gasteiger partial charge in [0, 0.05) is 5.92 Å². The summed E-state index contributed by atoms with van der Waals surface area (Å²) in [4.78, 5) is 8.57. The predicted octanol–water partition coefficient (Wildman–Crippen LogP) is 3.05. The number of nitrogens with two attached hydrogens (primary N) is 1. The van der Waals surface area contributed by atoms with E-state index in [0.717, 1.165) is 18.9 Å². The number of hydrogen-bond acceptors (Lipinski definition) is 5. The van der Waals surface area contributed by atoms with Gasteiger partial charge in [-0.1, -0.05) is 0 Å². The van der Waals surface area contributed by atoms with E-state index in [1.54, 1.807) is 6.92 Å². The Morgan fingerprint density at radius 3 is 2.76 bits per heavy atom. The van der Waals surface area contributed by atoms with Crippen LogP contribution in [0.25, 0.3) is 0 Å². The molecule has 6 heteroatoms. The van der Waals surface area contributed by atoms with Gasteiger partial charge >= 0.3 is 0 Å². The van der Waals surface area contributed by atoms with Gasteiger partial charge in [-0.25, -0.2) is 9.37 Å². The molecule has 1 heterocycles. The number of rotatable bonds is 3. The summed E-state index contributed by atoms with van der Waals surface area (Å²) in [6.45, 7) is 1.73. The number of nitrogens with zero attached hydrogens (tertiary/aromatic N) is 3. The Bertz CT molecular complexity index is 750. The molecular weight excluding hydrogens is 271 g/mol. The van der Waals surface area contributed by atoms with Crippen LogP contribution in [0.5, 0.6) is 11.6 Å². The third-order valence-electron chi connectivity index (χ3n) is 3.37. The first-order valence-corrected chi connectivity index (χ1v) is 6.60. The van der Waals surface area contributed by atoms with Crippen molar-refractivity contribution in [2.75, 3.05) is 5.73 Å². The Balaban J connectivity index is 1.96. The minimum absolute atomic E-state index is 0.0111. The maximum absolute atomic E-state index is 13.9. The monoisotopic (exact) mass is 284 g/mol. The zero-order valence-corrected chi connectivity index (χ0v) is 11.4. The van der Waals surface area contributed by atoms with Crippen LogP contribution in [0.4, 0.5) is 10.2 Å². The number of benzene rings is 1. The second kappa shape index (κ2) is 5.02. The number of ether oxygens (including phenoxy) is 1. The second-order valence-corrected chi connectivity index (χ2v) is 5.03. The molecule has 1 fully saturated rings. The largest absolute Gasteiger partial charge is 0.435 e. The molecule has 1 aliphatic rings. The van der Waals surface area contributed by atoms with Crippen molar-refractivity contribution in [3.05, 3.63) is 41.0 Å². The fourth-order valence-electron chi connectivity index (χ4n) is 1.91. The summed E-state index contributed by atoms with van der Waals surface area (Å²) in [5, 5.41) is 8.73. The first-order valence-electron chi connectivity index (χ1n) is 6.60. The third kappa shape index (κ3) is 2.63.